The Labute approximate surface area is 159 Å². The molecule has 0 aromatic carbocycles. The van der Waals surface area contributed by atoms with Crippen molar-refractivity contribution in [3.05, 3.63) is 10.1 Å². The van der Waals surface area contributed by atoms with Crippen LogP contribution < -0.4 is 20.9 Å². The van der Waals surface area contributed by atoms with Gasteiger partial charge in [-0.25, -0.2) is 0 Å². The second-order valence-corrected chi connectivity index (χ2v) is 7.75. The van der Waals surface area contributed by atoms with E-state index in [-0.39, 0.29) is 11.5 Å². The number of aromatic nitrogens is 2. The van der Waals surface area contributed by atoms with Crippen LogP contribution >= 0.6 is 0 Å². The summed E-state index contributed by atoms with van der Waals surface area (Å²) in [6, 6.07) is 0. The third-order valence-corrected chi connectivity index (χ3v) is 5.21. The maximum absolute atomic E-state index is 11.6. The third kappa shape index (κ3) is 4.95. The van der Waals surface area contributed by atoms with Crippen LogP contribution in [0.3, 0.4) is 0 Å². The van der Waals surface area contributed by atoms with E-state index >= 15 is 0 Å². The number of nitro groups is 1. The van der Waals surface area contributed by atoms with E-state index in [0.29, 0.717) is 30.1 Å². The Morgan fingerprint density at radius 2 is 1.96 bits per heavy atom. The van der Waals surface area contributed by atoms with Gasteiger partial charge in [-0.15, -0.1) is 0 Å². The first kappa shape index (κ1) is 19.6. The average Bonchev–Trinajstić information content (AvgIpc) is 2.61. The van der Waals surface area contributed by atoms with Crippen molar-refractivity contribution < 1.29 is 14.6 Å². The molecule has 3 heterocycles. The molecule has 10 nitrogen and oxygen atoms in total. The standard InChI is InChI=1S/C17H29N7O3/c1-12-9-13(2)11-23(10-12)16-14(24(25)26)15(18)20-17(21-16)19-3-4-22-5-7-27-8-6-22/h12-13H,3-11H2,1-2H3,(H3,18,19,20,21)/p+1/t12-,13+. The molecule has 1 aromatic heterocycles. The van der Waals surface area contributed by atoms with Gasteiger partial charge >= 0.3 is 5.69 Å². The van der Waals surface area contributed by atoms with Crippen LogP contribution in [0.2, 0.25) is 0 Å². The first-order valence-corrected chi connectivity index (χ1v) is 9.66. The van der Waals surface area contributed by atoms with Gasteiger partial charge in [0.2, 0.25) is 17.6 Å². The Morgan fingerprint density at radius 3 is 2.59 bits per heavy atom. The molecule has 3 rings (SSSR count). The van der Waals surface area contributed by atoms with E-state index in [2.05, 4.69) is 29.1 Å². The number of quaternary nitrogens is 1. The lowest BCUT2D eigenvalue weighted by Crippen LogP contribution is -3.14. The Kier molecular flexibility index (Phi) is 6.27. The maximum Gasteiger partial charge on any atom is 0.353 e. The highest BCUT2D eigenvalue weighted by atomic mass is 16.6. The maximum atomic E-state index is 11.6. The first-order valence-electron chi connectivity index (χ1n) is 9.66. The van der Waals surface area contributed by atoms with Crippen molar-refractivity contribution in [2.45, 2.75) is 20.3 Å². The van der Waals surface area contributed by atoms with Crippen molar-refractivity contribution in [3.8, 4) is 0 Å². The molecule has 0 saturated carbocycles. The molecule has 1 aromatic rings. The van der Waals surface area contributed by atoms with Gasteiger partial charge in [0.1, 0.15) is 13.1 Å². The number of morpholine rings is 1. The van der Waals surface area contributed by atoms with Gasteiger partial charge in [0.15, 0.2) is 0 Å². The second-order valence-electron chi connectivity index (χ2n) is 7.75. The molecule has 2 fully saturated rings. The van der Waals surface area contributed by atoms with E-state index in [4.69, 9.17) is 10.5 Å². The highest BCUT2D eigenvalue weighted by molar-refractivity contribution is 5.71. The molecular formula is C17H30N7O3+. The summed E-state index contributed by atoms with van der Waals surface area (Å²) in [5, 5.41) is 14.8. The summed E-state index contributed by atoms with van der Waals surface area (Å²) in [5.41, 5.74) is 5.74. The summed E-state index contributed by atoms with van der Waals surface area (Å²) in [6.07, 6.45) is 1.11. The number of nitrogens with two attached hydrogens (primary N) is 1. The van der Waals surface area contributed by atoms with E-state index in [1.807, 2.05) is 4.90 Å². The van der Waals surface area contributed by atoms with E-state index < -0.39 is 4.92 Å². The molecule has 27 heavy (non-hydrogen) atoms. The number of piperidine rings is 1. The Morgan fingerprint density at radius 1 is 1.30 bits per heavy atom. The molecule has 0 amide bonds. The third-order valence-electron chi connectivity index (χ3n) is 5.21. The van der Waals surface area contributed by atoms with Gasteiger partial charge in [-0.05, 0) is 18.3 Å². The van der Waals surface area contributed by atoms with E-state index in [1.54, 1.807) is 0 Å². The predicted molar refractivity (Wildman–Crippen MR) is 103 cm³/mol. The molecule has 150 valence electrons. The summed E-state index contributed by atoms with van der Waals surface area (Å²) in [7, 11) is 0. The Bertz CT molecular complexity index is 656. The zero-order chi connectivity index (χ0) is 19.4. The molecule has 2 saturated heterocycles. The monoisotopic (exact) mass is 380 g/mol. The average molecular weight is 380 g/mol. The normalized spacial score (nSPS) is 24.0. The van der Waals surface area contributed by atoms with Crippen LogP contribution in [0, 0.1) is 22.0 Å². The Hall–Kier alpha value is -2.20. The van der Waals surface area contributed by atoms with Crippen molar-refractivity contribution in [3.63, 3.8) is 0 Å². The van der Waals surface area contributed by atoms with Gasteiger partial charge in [0, 0.05) is 13.1 Å². The van der Waals surface area contributed by atoms with Crippen molar-refractivity contribution in [2.75, 3.05) is 68.4 Å². The highest BCUT2D eigenvalue weighted by Gasteiger charge is 2.31. The molecule has 4 N–H and O–H groups in total. The molecule has 0 aliphatic carbocycles. The van der Waals surface area contributed by atoms with Crippen molar-refractivity contribution in [1.29, 1.82) is 0 Å². The van der Waals surface area contributed by atoms with Gasteiger partial charge in [-0.1, -0.05) is 13.8 Å². The molecule has 2 aliphatic rings. The van der Waals surface area contributed by atoms with Gasteiger partial charge in [0.05, 0.1) is 31.2 Å². The van der Waals surface area contributed by atoms with Crippen molar-refractivity contribution >= 4 is 23.3 Å². The lowest BCUT2D eigenvalue weighted by Gasteiger charge is -2.35. The molecule has 0 unspecified atom stereocenters. The lowest BCUT2D eigenvalue weighted by atomic mass is 9.92. The molecule has 10 heteroatoms. The van der Waals surface area contributed by atoms with Crippen LogP contribution in [0.1, 0.15) is 20.3 Å². The van der Waals surface area contributed by atoms with Crippen LogP contribution in [0.4, 0.5) is 23.3 Å². The summed E-state index contributed by atoms with van der Waals surface area (Å²) in [4.78, 5) is 23.1. The second kappa shape index (κ2) is 8.66. The van der Waals surface area contributed by atoms with Crippen LogP contribution in [-0.2, 0) is 4.74 Å². The van der Waals surface area contributed by atoms with Crippen LogP contribution in [0.5, 0.6) is 0 Å². The predicted octanol–water partition coefficient (Wildman–Crippen LogP) is -0.224. The number of hydrogen-bond donors (Lipinski definition) is 3. The topological polar surface area (TPSA) is 124 Å². The molecule has 0 radical (unpaired) electrons. The van der Waals surface area contributed by atoms with Crippen molar-refractivity contribution in [2.24, 2.45) is 11.8 Å². The minimum absolute atomic E-state index is 0.0860. The van der Waals surface area contributed by atoms with E-state index in [1.165, 1.54) is 4.90 Å². The Balaban J connectivity index is 1.75. The summed E-state index contributed by atoms with van der Waals surface area (Å²) < 4.78 is 5.36. The number of ether oxygens (including phenoxy) is 1. The highest BCUT2D eigenvalue weighted by Crippen LogP contribution is 2.35. The van der Waals surface area contributed by atoms with Crippen molar-refractivity contribution in [1.82, 2.24) is 9.97 Å². The molecule has 0 bridgehead atoms. The van der Waals surface area contributed by atoms with Gasteiger partial charge in [-0.2, -0.15) is 9.97 Å². The zero-order valence-electron chi connectivity index (χ0n) is 16.1. The summed E-state index contributed by atoms with van der Waals surface area (Å²) >= 11 is 0. The minimum atomic E-state index is -0.476. The lowest BCUT2D eigenvalue weighted by molar-refractivity contribution is -0.906. The molecular weight excluding hydrogens is 350 g/mol. The van der Waals surface area contributed by atoms with Gasteiger partial charge in [-0.3, -0.25) is 10.1 Å². The number of anilines is 3. The fraction of sp³-hybridized carbons (Fsp3) is 0.765. The number of hydrogen-bond acceptors (Lipinski definition) is 8. The molecule has 0 spiro atoms. The van der Waals surface area contributed by atoms with Crippen LogP contribution in [0.15, 0.2) is 0 Å². The molecule has 2 atom stereocenters. The van der Waals surface area contributed by atoms with Gasteiger partial charge in [0.25, 0.3) is 0 Å². The van der Waals surface area contributed by atoms with Gasteiger partial charge < -0.3 is 25.6 Å². The number of nitrogens with zero attached hydrogens (tertiary/aromatic N) is 4. The molecule has 2 aliphatic heterocycles. The number of nitrogens with one attached hydrogen (secondary N) is 2. The smallest absolute Gasteiger partial charge is 0.353 e. The number of rotatable bonds is 6. The fourth-order valence-corrected chi connectivity index (χ4v) is 4.03. The summed E-state index contributed by atoms with van der Waals surface area (Å²) in [6.45, 7) is 10.9. The first-order chi connectivity index (χ1) is 12.9. The summed E-state index contributed by atoms with van der Waals surface area (Å²) in [5.74, 6) is 1.49. The van der Waals surface area contributed by atoms with E-state index in [9.17, 15) is 10.1 Å². The largest absolute Gasteiger partial charge is 0.378 e. The quantitative estimate of drug-likeness (QED) is 0.457. The number of nitrogen functional groups attached to an aromatic ring is 1. The SMILES string of the molecule is C[C@@H]1C[C@H](C)CN(c2nc(NCC[NH+]3CCOCC3)nc(N)c2[N+](=O)[O-])C1. The van der Waals surface area contributed by atoms with Crippen LogP contribution in [-0.4, -0.2) is 67.4 Å². The minimum Gasteiger partial charge on any atom is -0.378 e. The van der Waals surface area contributed by atoms with E-state index in [0.717, 1.165) is 52.4 Å². The van der Waals surface area contributed by atoms with Crippen LogP contribution in [0.25, 0.3) is 0 Å². The zero-order valence-corrected chi connectivity index (χ0v) is 16.1. The fourth-order valence-electron chi connectivity index (χ4n) is 4.03.